The molecule has 0 aliphatic carbocycles. The number of nitrogens with one attached hydrogen (secondary N) is 3. The molecule has 0 bridgehead atoms. The van der Waals surface area contributed by atoms with Gasteiger partial charge in [0.2, 0.25) is 11.8 Å². The minimum Gasteiger partial charge on any atom is -0.357 e. The first kappa shape index (κ1) is 15.6. The molecule has 0 fully saturated rings. The van der Waals surface area contributed by atoms with E-state index in [4.69, 9.17) is 0 Å². The van der Waals surface area contributed by atoms with Crippen molar-refractivity contribution in [3.63, 3.8) is 0 Å². The van der Waals surface area contributed by atoms with Gasteiger partial charge in [0.1, 0.15) is 6.04 Å². The van der Waals surface area contributed by atoms with Crippen LogP contribution in [0.15, 0.2) is 12.7 Å². The highest BCUT2D eigenvalue weighted by Crippen LogP contribution is 2.04. The number of rotatable bonds is 8. The van der Waals surface area contributed by atoms with Crippen molar-refractivity contribution in [1.82, 2.24) is 16.0 Å². The maximum absolute atomic E-state index is 11.6. The summed E-state index contributed by atoms with van der Waals surface area (Å²) in [7, 11) is 1.57. The quantitative estimate of drug-likeness (QED) is 0.415. The third-order valence-electron chi connectivity index (χ3n) is 2.18. The average Bonchev–Trinajstić information content (AvgIpc) is 2.27. The second-order valence-electron chi connectivity index (χ2n) is 4.28. The fourth-order valence-corrected chi connectivity index (χ4v) is 1.41. The summed E-state index contributed by atoms with van der Waals surface area (Å²) in [6, 6.07) is -0.460. The van der Waals surface area contributed by atoms with E-state index in [0.29, 0.717) is 18.9 Å². The van der Waals surface area contributed by atoms with Crippen LogP contribution in [-0.2, 0) is 9.59 Å². The van der Waals surface area contributed by atoms with E-state index in [0.717, 1.165) is 0 Å². The van der Waals surface area contributed by atoms with Gasteiger partial charge in [0, 0.05) is 13.6 Å². The molecule has 0 aliphatic rings. The molecular weight excluding hydrogens is 218 g/mol. The van der Waals surface area contributed by atoms with Crippen molar-refractivity contribution in [2.24, 2.45) is 5.92 Å². The van der Waals surface area contributed by atoms with Crippen molar-refractivity contribution in [2.45, 2.75) is 26.3 Å². The maximum Gasteiger partial charge on any atom is 0.242 e. The summed E-state index contributed by atoms with van der Waals surface area (Å²) in [5, 5.41) is 8.15. The van der Waals surface area contributed by atoms with Crippen molar-refractivity contribution in [1.29, 1.82) is 0 Å². The van der Waals surface area contributed by atoms with Crippen LogP contribution in [0.1, 0.15) is 20.3 Å². The standard InChI is InChI=1S/C12H23N3O2/c1-5-6-14-8-11(16)15-10(7-9(2)3)12(17)13-4/h5,9-10,14H,1,6-8H2,2-4H3,(H,13,17)(H,15,16). The number of carbonyl (C=O) groups excluding carboxylic acids is 2. The van der Waals surface area contributed by atoms with Crippen molar-refractivity contribution in [3.05, 3.63) is 12.7 Å². The molecular formula is C12H23N3O2. The van der Waals surface area contributed by atoms with Gasteiger partial charge < -0.3 is 16.0 Å². The smallest absolute Gasteiger partial charge is 0.242 e. The van der Waals surface area contributed by atoms with Crippen LogP contribution in [0, 0.1) is 5.92 Å². The van der Waals surface area contributed by atoms with Crippen LogP contribution >= 0.6 is 0 Å². The lowest BCUT2D eigenvalue weighted by molar-refractivity contribution is -0.128. The van der Waals surface area contributed by atoms with Gasteiger partial charge in [-0.2, -0.15) is 0 Å². The van der Waals surface area contributed by atoms with Gasteiger partial charge in [0.05, 0.1) is 6.54 Å². The Morgan fingerprint density at radius 1 is 1.35 bits per heavy atom. The van der Waals surface area contributed by atoms with Crippen LogP contribution < -0.4 is 16.0 Å². The van der Waals surface area contributed by atoms with E-state index in [1.165, 1.54) is 0 Å². The van der Waals surface area contributed by atoms with Crippen molar-refractivity contribution in [2.75, 3.05) is 20.1 Å². The molecule has 1 atom stereocenters. The molecule has 0 spiro atoms. The van der Waals surface area contributed by atoms with Gasteiger partial charge in [0.15, 0.2) is 0 Å². The number of likely N-dealkylation sites (N-methyl/N-ethyl adjacent to an activating group) is 1. The van der Waals surface area contributed by atoms with E-state index < -0.39 is 6.04 Å². The molecule has 1 unspecified atom stereocenters. The molecule has 0 aromatic carbocycles. The Morgan fingerprint density at radius 3 is 2.47 bits per heavy atom. The van der Waals surface area contributed by atoms with Gasteiger partial charge in [-0.15, -0.1) is 6.58 Å². The Bertz CT molecular complexity index is 264. The van der Waals surface area contributed by atoms with Crippen LogP contribution in [-0.4, -0.2) is 38.0 Å². The highest BCUT2D eigenvalue weighted by atomic mass is 16.2. The molecule has 0 aromatic rings. The molecule has 0 saturated carbocycles. The summed E-state index contributed by atoms with van der Waals surface area (Å²) >= 11 is 0. The molecule has 0 radical (unpaired) electrons. The van der Waals surface area contributed by atoms with E-state index in [2.05, 4.69) is 22.5 Å². The molecule has 0 rings (SSSR count). The molecule has 98 valence electrons. The third kappa shape index (κ3) is 7.52. The summed E-state index contributed by atoms with van der Waals surface area (Å²) in [4.78, 5) is 23.1. The Hall–Kier alpha value is -1.36. The highest BCUT2D eigenvalue weighted by Gasteiger charge is 2.20. The first-order chi connectivity index (χ1) is 8.01. The Balaban J connectivity index is 4.17. The summed E-state index contributed by atoms with van der Waals surface area (Å²) in [5.41, 5.74) is 0. The molecule has 0 heterocycles. The van der Waals surface area contributed by atoms with E-state index in [9.17, 15) is 9.59 Å². The van der Waals surface area contributed by atoms with Gasteiger partial charge in [-0.05, 0) is 12.3 Å². The van der Waals surface area contributed by atoms with Gasteiger partial charge >= 0.3 is 0 Å². The monoisotopic (exact) mass is 241 g/mol. The van der Waals surface area contributed by atoms with Crippen molar-refractivity contribution in [3.8, 4) is 0 Å². The zero-order valence-corrected chi connectivity index (χ0v) is 10.9. The predicted molar refractivity (Wildman–Crippen MR) is 68.5 cm³/mol. The van der Waals surface area contributed by atoms with Gasteiger partial charge in [-0.25, -0.2) is 0 Å². The lowest BCUT2D eigenvalue weighted by Crippen LogP contribution is -2.48. The number of hydrogen-bond donors (Lipinski definition) is 3. The average molecular weight is 241 g/mol. The van der Waals surface area contributed by atoms with Crippen LogP contribution in [0.25, 0.3) is 0 Å². The lowest BCUT2D eigenvalue weighted by atomic mass is 10.0. The molecule has 3 N–H and O–H groups in total. The highest BCUT2D eigenvalue weighted by molar-refractivity contribution is 5.88. The number of amides is 2. The van der Waals surface area contributed by atoms with Crippen molar-refractivity contribution >= 4 is 11.8 Å². The first-order valence-electron chi connectivity index (χ1n) is 5.83. The predicted octanol–water partition coefficient (Wildman–Crippen LogP) is 0.0389. The van der Waals surface area contributed by atoms with Crippen LogP contribution in [0.4, 0.5) is 0 Å². The molecule has 0 aliphatic heterocycles. The summed E-state index contributed by atoms with van der Waals surface area (Å²) in [6.07, 6.45) is 2.31. The normalized spacial score (nSPS) is 12.0. The largest absolute Gasteiger partial charge is 0.357 e. The third-order valence-corrected chi connectivity index (χ3v) is 2.18. The molecule has 2 amide bonds. The first-order valence-corrected chi connectivity index (χ1v) is 5.83. The minimum atomic E-state index is -0.460. The number of carbonyl (C=O) groups is 2. The SMILES string of the molecule is C=CCNCC(=O)NC(CC(C)C)C(=O)NC. The molecule has 0 saturated heterocycles. The van der Waals surface area contributed by atoms with Crippen molar-refractivity contribution < 1.29 is 9.59 Å². The van der Waals surface area contributed by atoms with E-state index in [1.54, 1.807) is 13.1 Å². The maximum atomic E-state index is 11.6. The second kappa shape index (κ2) is 8.75. The zero-order chi connectivity index (χ0) is 13.3. The van der Waals surface area contributed by atoms with E-state index in [1.807, 2.05) is 13.8 Å². The van der Waals surface area contributed by atoms with E-state index >= 15 is 0 Å². The fraction of sp³-hybridized carbons (Fsp3) is 0.667. The Labute approximate surface area is 103 Å². The lowest BCUT2D eigenvalue weighted by Gasteiger charge is -2.19. The van der Waals surface area contributed by atoms with Gasteiger partial charge in [-0.3, -0.25) is 9.59 Å². The summed E-state index contributed by atoms with van der Waals surface area (Å²) in [5.74, 6) is 0.00982. The topological polar surface area (TPSA) is 70.2 Å². The molecule has 5 nitrogen and oxygen atoms in total. The van der Waals surface area contributed by atoms with E-state index in [-0.39, 0.29) is 18.4 Å². The van der Waals surface area contributed by atoms with Crippen LogP contribution in [0.5, 0.6) is 0 Å². The minimum absolute atomic E-state index is 0.157. The Kier molecular flexibility index (Phi) is 8.05. The fourth-order valence-electron chi connectivity index (χ4n) is 1.41. The zero-order valence-electron chi connectivity index (χ0n) is 10.9. The van der Waals surface area contributed by atoms with Gasteiger partial charge in [-0.1, -0.05) is 19.9 Å². The summed E-state index contributed by atoms with van der Waals surface area (Å²) < 4.78 is 0. The molecule has 0 aromatic heterocycles. The molecule has 17 heavy (non-hydrogen) atoms. The molecule has 5 heteroatoms. The summed E-state index contributed by atoms with van der Waals surface area (Å²) in [6.45, 7) is 8.33. The van der Waals surface area contributed by atoms with Crippen LogP contribution in [0.3, 0.4) is 0 Å². The van der Waals surface area contributed by atoms with Gasteiger partial charge in [0.25, 0.3) is 0 Å². The van der Waals surface area contributed by atoms with Crippen LogP contribution in [0.2, 0.25) is 0 Å². The number of hydrogen-bond acceptors (Lipinski definition) is 3. The second-order valence-corrected chi connectivity index (χ2v) is 4.28. The Morgan fingerprint density at radius 2 is 2.00 bits per heavy atom.